The molecule has 0 bridgehead atoms. The van der Waals surface area contributed by atoms with Crippen molar-refractivity contribution >= 4 is 34.0 Å². The van der Waals surface area contributed by atoms with Gasteiger partial charge in [-0.2, -0.15) is 0 Å². The smallest absolute Gasteiger partial charge is 0.231 e. The lowest BCUT2D eigenvalue weighted by molar-refractivity contribution is -0.122. The Morgan fingerprint density at radius 2 is 1.88 bits per heavy atom. The second-order valence-electron chi connectivity index (χ2n) is 7.83. The van der Waals surface area contributed by atoms with Crippen LogP contribution < -0.4 is 29.2 Å². The molecule has 1 atom stereocenters. The fourth-order valence-corrected chi connectivity index (χ4v) is 4.72. The lowest BCUT2D eigenvalue weighted by Gasteiger charge is -2.18. The summed E-state index contributed by atoms with van der Waals surface area (Å²) in [6.45, 7) is 1.32. The Balaban J connectivity index is 1.26. The largest absolute Gasteiger partial charge is 0.493 e. The van der Waals surface area contributed by atoms with Crippen molar-refractivity contribution in [3.05, 3.63) is 41.8 Å². The first-order chi connectivity index (χ1) is 16.6. The van der Waals surface area contributed by atoms with Crippen LogP contribution in [0.2, 0.25) is 0 Å². The van der Waals surface area contributed by atoms with E-state index in [-0.39, 0.29) is 24.8 Å². The number of nitrogens with zero attached hydrogens (tertiary/aromatic N) is 2. The molecule has 9 nitrogen and oxygen atoms in total. The third-order valence-electron chi connectivity index (χ3n) is 5.75. The maximum atomic E-state index is 12.9. The number of thiazole rings is 1. The standard InChI is InChI=1S/C24H23N3O6S/c1-30-18-6-4-16(11-20(18)31-2)27-12-15(10-22(27)28)23(29)26-24-25-17(13-34-24)14-3-5-19-21(9-14)33-8-7-32-19/h3-6,9,11,13,15H,7-8,10,12H2,1-2H3,(H,25,26,29). The first kappa shape index (κ1) is 22.0. The molecule has 1 aromatic heterocycles. The highest BCUT2D eigenvalue weighted by molar-refractivity contribution is 7.14. The van der Waals surface area contributed by atoms with Gasteiger partial charge < -0.3 is 29.2 Å². The summed E-state index contributed by atoms with van der Waals surface area (Å²) in [6, 6.07) is 10.9. The van der Waals surface area contributed by atoms with Gasteiger partial charge in [0.1, 0.15) is 13.2 Å². The van der Waals surface area contributed by atoms with Gasteiger partial charge in [0.05, 0.1) is 25.8 Å². The molecule has 2 aliphatic heterocycles. The molecular formula is C24H23N3O6S. The number of carbonyl (C=O) groups is 2. The molecule has 2 amide bonds. The molecule has 176 valence electrons. The molecule has 2 aromatic carbocycles. The predicted octanol–water partition coefficient (Wildman–Crippen LogP) is 3.59. The maximum absolute atomic E-state index is 12.9. The minimum Gasteiger partial charge on any atom is -0.493 e. The second kappa shape index (κ2) is 9.22. The third kappa shape index (κ3) is 4.24. The number of ether oxygens (including phenoxy) is 4. The van der Waals surface area contributed by atoms with E-state index >= 15 is 0 Å². The molecule has 1 fully saturated rings. The summed E-state index contributed by atoms with van der Waals surface area (Å²) in [5.41, 5.74) is 2.26. The van der Waals surface area contributed by atoms with E-state index in [1.807, 2.05) is 23.6 Å². The van der Waals surface area contributed by atoms with Crippen molar-refractivity contribution in [1.29, 1.82) is 0 Å². The fourth-order valence-electron chi connectivity index (χ4n) is 4.00. The summed E-state index contributed by atoms with van der Waals surface area (Å²) in [5, 5.41) is 5.21. The quantitative estimate of drug-likeness (QED) is 0.574. The van der Waals surface area contributed by atoms with Crippen LogP contribution in [0.4, 0.5) is 10.8 Å². The Morgan fingerprint density at radius 3 is 2.68 bits per heavy atom. The van der Waals surface area contributed by atoms with Crippen LogP contribution in [0.15, 0.2) is 41.8 Å². The van der Waals surface area contributed by atoms with Crippen LogP contribution in [0.25, 0.3) is 11.3 Å². The zero-order valence-corrected chi connectivity index (χ0v) is 19.5. The summed E-state index contributed by atoms with van der Waals surface area (Å²) in [6.07, 6.45) is 0.126. The highest BCUT2D eigenvalue weighted by Gasteiger charge is 2.35. The SMILES string of the molecule is COc1ccc(N2CC(C(=O)Nc3nc(-c4ccc5c(c4)OCCO5)cs3)CC2=O)cc1OC. The number of hydrogen-bond acceptors (Lipinski definition) is 8. The Morgan fingerprint density at radius 1 is 1.09 bits per heavy atom. The fraction of sp³-hybridized carbons (Fsp3) is 0.292. The van der Waals surface area contributed by atoms with Crippen LogP contribution in [0.5, 0.6) is 23.0 Å². The van der Waals surface area contributed by atoms with Gasteiger partial charge in [-0.25, -0.2) is 4.98 Å². The first-order valence-corrected chi connectivity index (χ1v) is 11.6. The van der Waals surface area contributed by atoms with Gasteiger partial charge in [0, 0.05) is 35.7 Å². The molecule has 1 N–H and O–H groups in total. The third-order valence-corrected chi connectivity index (χ3v) is 6.50. The van der Waals surface area contributed by atoms with Gasteiger partial charge in [-0.3, -0.25) is 9.59 Å². The minimum absolute atomic E-state index is 0.122. The van der Waals surface area contributed by atoms with E-state index in [9.17, 15) is 9.59 Å². The summed E-state index contributed by atoms with van der Waals surface area (Å²) in [7, 11) is 3.09. The number of hydrogen-bond donors (Lipinski definition) is 1. The van der Waals surface area contributed by atoms with Gasteiger partial charge in [0.25, 0.3) is 0 Å². The highest BCUT2D eigenvalue weighted by Crippen LogP contribution is 2.36. The van der Waals surface area contributed by atoms with E-state index in [0.717, 1.165) is 11.3 Å². The van der Waals surface area contributed by atoms with Crippen molar-refractivity contribution in [2.24, 2.45) is 5.92 Å². The normalized spacial score (nSPS) is 16.9. The molecule has 10 heteroatoms. The number of anilines is 2. The molecule has 1 unspecified atom stereocenters. The molecule has 3 heterocycles. The predicted molar refractivity (Wildman–Crippen MR) is 127 cm³/mol. The Bertz CT molecular complexity index is 1240. The number of benzene rings is 2. The van der Waals surface area contributed by atoms with E-state index in [0.29, 0.717) is 47.0 Å². The van der Waals surface area contributed by atoms with Gasteiger partial charge in [0.15, 0.2) is 28.1 Å². The second-order valence-corrected chi connectivity index (χ2v) is 8.69. The van der Waals surface area contributed by atoms with Crippen molar-refractivity contribution in [2.75, 3.05) is 44.2 Å². The van der Waals surface area contributed by atoms with E-state index in [1.165, 1.54) is 18.4 Å². The lowest BCUT2D eigenvalue weighted by atomic mass is 10.1. The molecule has 3 aromatic rings. The van der Waals surface area contributed by atoms with E-state index in [1.54, 1.807) is 30.2 Å². The van der Waals surface area contributed by atoms with Crippen molar-refractivity contribution < 1.29 is 28.5 Å². The number of aromatic nitrogens is 1. The van der Waals surface area contributed by atoms with Gasteiger partial charge in [-0.05, 0) is 30.3 Å². The average Bonchev–Trinajstić information content (AvgIpc) is 3.50. The van der Waals surface area contributed by atoms with Crippen LogP contribution >= 0.6 is 11.3 Å². The number of nitrogens with one attached hydrogen (secondary N) is 1. The maximum Gasteiger partial charge on any atom is 0.231 e. The topological polar surface area (TPSA) is 99.2 Å². The molecule has 0 spiro atoms. The van der Waals surface area contributed by atoms with Crippen LogP contribution in [-0.4, -0.2) is 50.8 Å². The number of carbonyl (C=O) groups excluding carboxylic acids is 2. The molecule has 0 radical (unpaired) electrons. The van der Waals surface area contributed by atoms with Crippen LogP contribution in [0.1, 0.15) is 6.42 Å². The molecule has 0 saturated carbocycles. The summed E-state index contributed by atoms with van der Waals surface area (Å²) >= 11 is 1.33. The molecule has 5 rings (SSSR count). The van der Waals surface area contributed by atoms with Crippen molar-refractivity contribution in [1.82, 2.24) is 4.98 Å². The van der Waals surface area contributed by atoms with Crippen molar-refractivity contribution in [3.8, 4) is 34.3 Å². The monoisotopic (exact) mass is 481 g/mol. The van der Waals surface area contributed by atoms with Gasteiger partial charge in [-0.15, -0.1) is 11.3 Å². The number of amides is 2. The highest BCUT2D eigenvalue weighted by atomic mass is 32.1. The average molecular weight is 482 g/mol. The number of methoxy groups -OCH3 is 2. The van der Waals surface area contributed by atoms with E-state index in [4.69, 9.17) is 18.9 Å². The molecule has 0 aliphatic carbocycles. The zero-order chi connectivity index (χ0) is 23.7. The molecule has 34 heavy (non-hydrogen) atoms. The number of fused-ring (bicyclic) bond motifs is 1. The Hall–Kier alpha value is -3.79. The van der Waals surface area contributed by atoms with E-state index in [2.05, 4.69) is 10.3 Å². The Kier molecular flexibility index (Phi) is 5.97. The van der Waals surface area contributed by atoms with Crippen LogP contribution in [-0.2, 0) is 9.59 Å². The summed E-state index contributed by atoms with van der Waals surface area (Å²) in [4.78, 5) is 31.7. The van der Waals surface area contributed by atoms with Gasteiger partial charge in [-0.1, -0.05) is 0 Å². The summed E-state index contributed by atoms with van der Waals surface area (Å²) in [5.74, 6) is 1.65. The lowest BCUT2D eigenvalue weighted by Crippen LogP contribution is -2.28. The van der Waals surface area contributed by atoms with Crippen LogP contribution in [0, 0.1) is 5.92 Å². The first-order valence-electron chi connectivity index (χ1n) is 10.7. The summed E-state index contributed by atoms with van der Waals surface area (Å²) < 4.78 is 21.8. The van der Waals surface area contributed by atoms with Crippen molar-refractivity contribution in [2.45, 2.75) is 6.42 Å². The number of rotatable bonds is 6. The molecular weight excluding hydrogens is 458 g/mol. The molecule has 1 saturated heterocycles. The van der Waals surface area contributed by atoms with Gasteiger partial charge >= 0.3 is 0 Å². The van der Waals surface area contributed by atoms with Crippen molar-refractivity contribution in [3.63, 3.8) is 0 Å². The van der Waals surface area contributed by atoms with E-state index < -0.39 is 5.92 Å². The Labute approximate surface area is 200 Å². The molecule has 2 aliphatic rings. The minimum atomic E-state index is -0.484. The van der Waals surface area contributed by atoms with Gasteiger partial charge in [0.2, 0.25) is 11.8 Å². The zero-order valence-electron chi connectivity index (χ0n) is 18.7. The van der Waals surface area contributed by atoms with Crippen LogP contribution in [0.3, 0.4) is 0 Å².